The second kappa shape index (κ2) is 6.40. The lowest BCUT2D eigenvalue weighted by molar-refractivity contribution is -0.137. The molecule has 2 aliphatic rings. The molecule has 0 spiro atoms. The minimum Gasteiger partial charge on any atom is -0.333 e. The number of rotatable bonds is 2. The zero-order chi connectivity index (χ0) is 18.5. The lowest BCUT2D eigenvalue weighted by atomic mass is 9.96. The van der Waals surface area contributed by atoms with E-state index in [4.69, 9.17) is 0 Å². The number of amides is 1. The van der Waals surface area contributed by atoms with Gasteiger partial charge >= 0.3 is 6.18 Å². The first kappa shape index (κ1) is 17.6. The quantitative estimate of drug-likeness (QED) is 0.697. The van der Waals surface area contributed by atoms with E-state index in [9.17, 15) is 18.0 Å². The van der Waals surface area contributed by atoms with Crippen molar-refractivity contribution >= 4 is 21.8 Å². The van der Waals surface area contributed by atoms with Crippen LogP contribution in [-0.4, -0.2) is 32.7 Å². The Morgan fingerprint density at radius 3 is 2.42 bits per heavy atom. The number of fused-ring (bicyclic) bond motifs is 2. The molecule has 2 atom stereocenters. The summed E-state index contributed by atoms with van der Waals surface area (Å²) in [5.74, 6) is -0.302. The zero-order valence-corrected chi connectivity index (χ0v) is 15.4. The van der Waals surface area contributed by atoms with Crippen LogP contribution >= 0.6 is 15.9 Å². The first-order chi connectivity index (χ1) is 12.3. The van der Waals surface area contributed by atoms with Crippen LogP contribution in [-0.2, 0) is 6.18 Å². The molecule has 0 saturated carbocycles. The van der Waals surface area contributed by atoms with Crippen molar-refractivity contribution in [1.29, 1.82) is 0 Å². The largest absolute Gasteiger partial charge is 0.416 e. The van der Waals surface area contributed by atoms with Gasteiger partial charge in [0, 0.05) is 23.8 Å². The van der Waals surface area contributed by atoms with Gasteiger partial charge in [0.05, 0.1) is 22.3 Å². The Kier molecular flexibility index (Phi) is 4.33. The molecule has 2 aromatic rings. The van der Waals surface area contributed by atoms with Gasteiger partial charge in [0.15, 0.2) is 0 Å². The molecular formula is C18H17BrF3N3O. The summed E-state index contributed by atoms with van der Waals surface area (Å²) in [5.41, 5.74) is -0.677. The highest BCUT2D eigenvalue weighted by molar-refractivity contribution is 9.10. The van der Waals surface area contributed by atoms with E-state index in [0.29, 0.717) is 0 Å². The maximum Gasteiger partial charge on any atom is 0.416 e. The molecule has 4 rings (SSSR count). The number of hydrogen-bond acceptors (Lipinski definition) is 2. The summed E-state index contributed by atoms with van der Waals surface area (Å²) in [6, 6.07) is 5.02. The zero-order valence-electron chi connectivity index (χ0n) is 13.8. The normalized spacial score (nSPS) is 25.5. The van der Waals surface area contributed by atoms with Gasteiger partial charge in [-0.25, -0.2) is 0 Å². The molecule has 1 aromatic heterocycles. The minimum atomic E-state index is -4.45. The number of carbonyl (C=O) groups excluding carboxylic acids is 1. The molecule has 0 N–H and O–H groups in total. The predicted molar refractivity (Wildman–Crippen MR) is 92.6 cm³/mol. The van der Waals surface area contributed by atoms with Crippen molar-refractivity contribution in [1.82, 2.24) is 14.7 Å². The molecule has 0 radical (unpaired) electrons. The highest BCUT2D eigenvalue weighted by atomic mass is 79.9. The molecule has 8 heteroatoms. The second-order valence-electron chi connectivity index (χ2n) is 6.94. The van der Waals surface area contributed by atoms with Crippen molar-refractivity contribution in [2.45, 2.75) is 50.0 Å². The topological polar surface area (TPSA) is 38.1 Å². The highest BCUT2D eigenvalue weighted by Gasteiger charge is 2.44. The van der Waals surface area contributed by atoms with Gasteiger partial charge in [-0.15, -0.1) is 0 Å². The van der Waals surface area contributed by atoms with E-state index in [-0.39, 0.29) is 29.6 Å². The van der Waals surface area contributed by atoms with Gasteiger partial charge in [-0.1, -0.05) is 6.07 Å². The first-order valence-corrected chi connectivity index (χ1v) is 9.32. The van der Waals surface area contributed by atoms with Crippen LogP contribution in [0, 0.1) is 0 Å². The van der Waals surface area contributed by atoms with E-state index < -0.39 is 11.7 Å². The molecule has 2 bridgehead atoms. The van der Waals surface area contributed by atoms with Crippen molar-refractivity contribution in [2.24, 2.45) is 0 Å². The summed E-state index contributed by atoms with van der Waals surface area (Å²) in [4.78, 5) is 14.7. The number of alkyl halides is 3. The van der Waals surface area contributed by atoms with Gasteiger partial charge in [0.1, 0.15) is 0 Å². The maximum absolute atomic E-state index is 12.9. The van der Waals surface area contributed by atoms with E-state index in [1.54, 1.807) is 11.1 Å². The number of benzene rings is 1. The molecule has 4 nitrogen and oxygen atoms in total. The molecule has 3 heterocycles. The second-order valence-corrected chi connectivity index (χ2v) is 7.86. The lowest BCUT2D eigenvalue weighted by Crippen LogP contribution is -2.47. The highest BCUT2D eigenvalue weighted by Crippen LogP contribution is 2.42. The molecule has 2 saturated heterocycles. The minimum absolute atomic E-state index is 0.0452. The summed E-state index contributed by atoms with van der Waals surface area (Å²) in [5, 5.41) is 4.34. The summed E-state index contributed by atoms with van der Waals surface area (Å²) < 4.78 is 41.7. The van der Waals surface area contributed by atoms with E-state index in [0.717, 1.165) is 42.3 Å². The van der Waals surface area contributed by atoms with Crippen molar-refractivity contribution < 1.29 is 18.0 Å². The molecule has 2 fully saturated rings. The van der Waals surface area contributed by atoms with Crippen LogP contribution in [0.15, 0.2) is 41.1 Å². The van der Waals surface area contributed by atoms with E-state index >= 15 is 0 Å². The number of hydrogen-bond donors (Lipinski definition) is 0. The fourth-order valence-electron chi connectivity index (χ4n) is 4.19. The van der Waals surface area contributed by atoms with Crippen LogP contribution in [0.2, 0.25) is 0 Å². The van der Waals surface area contributed by atoms with E-state index in [1.807, 2.05) is 10.9 Å². The molecular weight excluding hydrogens is 411 g/mol. The average molecular weight is 428 g/mol. The van der Waals surface area contributed by atoms with Crippen LogP contribution < -0.4 is 0 Å². The standard InChI is InChI=1S/C18H17BrF3N3O/c19-13-9-23-24(10-13)16-7-14-4-5-15(8-16)25(14)17(26)11-2-1-3-12(6-11)18(20,21)22/h1-3,6,9-10,14-16H,4-5,7-8H2. The summed E-state index contributed by atoms with van der Waals surface area (Å²) in [7, 11) is 0. The molecule has 2 aliphatic heterocycles. The van der Waals surface area contributed by atoms with Crippen molar-refractivity contribution in [2.75, 3.05) is 0 Å². The summed E-state index contributed by atoms with van der Waals surface area (Å²) in [6.45, 7) is 0. The van der Waals surface area contributed by atoms with Gasteiger partial charge in [0.2, 0.25) is 0 Å². The lowest BCUT2D eigenvalue weighted by Gasteiger charge is -2.39. The molecule has 0 aliphatic carbocycles. The fourth-order valence-corrected chi connectivity index (χ4v) is 4.49. The van der Waals surface area contributed by atoms with Crippen molar-refractivity contribution in [3.63, 3.8) is 0 Å². The third-order valence-corrected chi connectivity index (χ3v) is 5.73. The van der Waals surface area contributed by atoms with Crippen LogP contribution in [0.3, 0.4) is 0 Å². The SMILES string of the molecule is O=C(c1cccc(C(F)(F)F)c1)N1C2CCC1CC(n1cc(Br)cn1)C2. The van der Waals surface area contributed by atoms with Gasteiger partial charge in [-0.05, 0) is 59.8 Å². The number of carbonyl (C=O) groups is 1. The number of piperidine rings is 1. The van der Waals surface area contributed by atoms with Crippen molar-refractivity contribution in [3.05, 3.63) is 52.3 Å². The van der Waals surface area contributed by atoms with Crippen LogP contribution in [0.4, 0.5) is 13.2 Å². The van der Waals surface area contributed by atoms with E-state index in [2.05, 4.69) is 21.0 Å². The maximum atomic E-state index is 12.9. The Morgan fingerprint density at radius 2 is 1.85 bits per heavy atom. The Balaban J connectivity index is 1.55. The summed E-state index contributed by atoms with van der Waals surface area (Å²) >= 11 is 3.39. The van der Waals surface area contributed by atoms with Crippen LogP contribution in [0.1, 0.15) is 47.6 Å². The molecule has 26 heavy (non-hydrogen) atoms. The Morgan fingerprint density at radius 1 is 1.15 bits per heavy atom. The average Bonchev–Trinajstić information content (AvgIpc) is 3.14. The van der Waals surface area contributed by atoms with Gasteiger partial charge in [-0.2, -0.15) is 18.3 Å². The predicted octanol–water partition coefficient (Wildman–Crippen LogP) is 4.67. The third-order valence-electron chi connectivity index (χ3n) is 5.32. The smallest absolute Gasteiger partial charge is 0.333 e. The Bertz CT molecular complexity index is 821. The molecule has 1 amide bonds. The van der Waals surface area contributed by atoms with Gasteiger partial charge in [-0.3, -0.25) is 9.48 Å². The fraction of sp³-hybridized carbons (Fsp3) is 0.444. The first-order valence-electron chi connectivity index (χ1n) is 8.52. The van der Waals surface area contributed by atoms with E-state index in [1.165, 1.54) is 12.1 Å². The number of aromatic nitrogens is 2. The van der Waals surface area contributed by atoms with Crippen LogP contribution in [0.5, 0.6) is 0 Å². The molecule has 138 valence electrons. The Hall–Kier alpha value is -1.83. The third kappa shape index (κ3) is 3.15. The number of nitrogens with zero attached hydrogens (tertiary/aromatic N) is 3. The molecule has 2 unspecified atom stereocenters. The van der Waals surface area contributed by atoms with Gasteiger partial charge in [0.25, 0.3) is 5.91 Å². The molecule has 1 aromatic carbocycles. The Labute approximate surface area is 157 Å². The van der Waals surface area contributed by atoms with Crippen molar-refractivity contribution in [3.8, 4) is 0 Å². The summed E-state index contributed by atoms with van der Waals surface area (Å²) in [6.07, 6.45) is 2.53. The monoisotopic (exact) mass is 427 g/mol. The van der Waals surface area contributed by atoms with Crippen LogP contribution in [0.25, 0.3) is 0 Å². The van der Waals surface area contributed by atoms with Gasteiger partial charge < -0.3 is 4.90 Å². The number of halogens is 4.